The zero-order chi connectivity index (χ0) is 12.3. The van der Waals surface area contributed by atoms with Crippen molar-refractivity contribution in [1.29, 1.82) is 0 Å². The number of aromatic nitrogens is 1. The number of thiazole rings is 1. The summed E-state index contributed by atoms with van der Waals surface area (Å²) in [7, 11) is 0. The number of nitrogens with zero attached hydrogens (tertiary/aromatic N) is 1. The zero-order valence-corrected chi connectivity index (χ0v) is 10.3. The van der Waals surface area contributed by atoms with Gasteiger partial charge in [0.05, 0.1) is 6.42 Å². The summed E-state index contributed by atoms with van der Waals surface area (Å²) in [5.74, 6) is -0.178. The van der Waals surface area contributed by atoms with E-state index in [0.717, 1.165) is 16.3 Å². The number of halogens is 1. The lowest BCUT2D eigenvalue weighted by atomic mass is 10.1. The van der Waals surface area contributed by atoms with E-state index in [1.807, 2.05) is 12.3 Å². The van der Waals surface area contributed by atoms with Crippen LogP contribution >= 0.6 is 11.3 Å². The lowest BCUT2D eigenvalue weighted by molar-refractivity contribution is -0.117. The molecule has 0 aliphatic carbocycles. The lowest BCUT2D eigenvalue weighted by Gasteiger charge is -1.99. The molecule has 0 radical (unpaired) electrons. The quantitative estimate of drug-likeness (QED) is 0.834. The summed E-state index contributed by atoms with van der Waals surface area (Å²) in [6, 6.07) is 6.02. The molecule has 0 aliphatic rings. The molecule has 0 bridgehead atoms. The van der Waals surface area contributed by atoms with Gasteiger partial charge in [0.25, 0.3) is 0 Å². The van der Waals surface area contributed by atoms with Crippen molar-refractivity contribution in [2.45, 2.75) is 19.8 Å². The van der Waals surface area contributed by atoms with E-state index < -0.39 is 0 Å². The zero-order valence-electron chi connectivity index (χ0n) is 9.44. The van der Waals surface area contributed by atoms with Gasteiger partial charge in [0.2, 0.25) is 0 Å². The van der Waals surface area contributed by atoms with Gasteiger partial charge < -0.3 is 0 Å². The summed E-state index contributed by atoms with van der Waals surface area (Å²) in [6.45, 7) is 1.91. The number of hydrogen-bond donors (Lipinski definition) is 0. The van der Waals surface area contributed by atoms with Crippen LogP contribution in [-0.2, 0) is 17.6 Å². The molecule has 0 N–H and O–H groups in total. The third-order valence-electron chi connectivity index (χ3n) is 2.33. The van der Waals surface area contributed by atoms with E-state index in [2.05, 4.69) is 4.98 Å². The van der Waals surface area contributed by atoms with Crippen LogP contribution in [0.4, 0.5) is 4.39 Å². The molecule has 1 heterocycles. The van der Waals surface area contributed by atoms with Crippen molar-refractivity contribution < 1.29 is 9.18 Å². The van der Waals surface area contributed by atoms with E-state index in [1.54, 1.807) is 12.1 Å². The minimum atomic E-state index is -0.281. The number of carbonyl (C=O) groups is 1. The van der Waals surface area contributed by atoms with E-state index in [1.165, 1.54) is 23.5 Å². The summed E-state index contributed by atoms with van der Waals surface area (Å²) in [5, 5.41) is 2.77. The number of Topliss-reactive ketones (excluding diaryl/α,β-unsaturated/α-hetero) is 1. The van der Waals surface area contributed by atoms with Crippen LogP contribution in [0, 0.1) is 12.7 Å². The first kappa shape index (κ1) is 11.9. The first-order chi connectivity index (χ1) is 8.13. The highest BCUT2D eigenvalue weighted by atomic mass is 32.1. The van der Waals surface area contributed by atoms with Crippen LogP contribution in [0.2, 0.25) is 0 Å². The molecule has 0 amide bonds. The van der Waals surface area contributed by atoms with Crippen molar-refractivity contribution in [2.24, 2.45) is 0 Å². The molecule has 2 rings (SSSR count). The van der Waals surface area contributed by atoms with Crippen LogP contribution in [-0.4, -0.2) is 10.8 Å². The highest BCUT2D eigenvalue weighted by Gasteiger charge is 2.08. The standard InChI is InChI=1S/C13H12FNOS/c1-9-8-17-13(15-9)7-12(16)6-10-2-4-11(14)5-3-10/h2-5,8H,6-7H2,1H3. The van der Waals surface area contributed by atoms with Crippen molar-refractivity contribution >= 4 is 17.1 Å². The molecule has 2 nitrogen and oxygen atoms in total. The topological polar surface area (TPSA) is 30.0 Å². The number of ketones is 1. The smallest absolute Gasteiger partial charge is 0.144 e. The maximum atomic E-state index is 12.7. The molecular weight excluding hydrogens is 237 g/mol. The molecule has 0 saturated heterocycles. The summed E-state index contributed by atoms with van der Waals surface area (Å²) in [4.78, 5) is 16.0. The Hall–Kier alpha value is -1.55. The normalized spacial score (nSPS) is 10.5. The number of aryl methyl sites for hydroxylation is 1. The van der Waals surface area contributed by atoms with Gasteiger partial charge in [-0.25, -0.2) is 9.37 Å². The Morgan fingerprint density at radius 3 is 2.59 bits per heavy atom. The third-order valence-corrected chi connectivity index (χ3v) is 3.30. The number of carbonyl (C=O) groups excluding carboxylic acids is 1. The average molecular weight is 249 g/mol. The van der Waals surface area contributed by atoms with Crippen LogP contribution in [0.15, 0.2) is 29.6 Å². The second kappa shape index (κ2) is 5.19. The summed E-state index contributed by atoms with van der Waals surface area (Å²) >= 11 is 1.50. The van der Waals surface area contributed by atoms with Gasteiger partial charge in [0.1, 0.15) is 16.6 Å². The van der Waals surface area contributed by atoms with Crippen LogP contribution in [0.3, 0.4) is 0 Å². The Kier molecular flexibility index (Phi) is 3.64. The van der Waals surface area contributed by atoms with E-state index in [9.17, 15) is 9.18 Å². The number of benzene rings is 1. The maximum absolute atomic E-state index is 12.7. The van der Waals surface area contributed by atoms with Crippen LogP contribution < -0.4 is 0 Å². The first-order valence-corrected chi connectivity index (χ1v) is 6.18. The van der Waals surface area contributed by atoms with E-state index in [4.69, 9.17) is 0 Å². The Labute approximate surface area is 103 Å². The van der Waals surface area contributed by atoms with Crippen molar-refractivity contribution in [1.82, 2.24) is 4.98 Å². The lowest BCUT2D eigenvalue weighted by Crippen LogP contribution is -2.06. The molecule has 0 unspecified atom stereocenters. The summed E-state index contributed by atoms with van der Waals surface area (Å²) in [5.41, 5.74) is 1.78. The number of rotatable bonds is 4. The maximum Gasteiger partial charge on any atom is 0.144 e. The van der Waals surface area contributed by atoms with Crippen LogP contribution in [0.25, 0.3) is 0 Å². The van der Waals surface area contributed by atoms with Crippen LogP contribution in [0.1, 0.15) is 16.3 Å². The van der Waals surface area contributed by atoms with Gasteiger partial charge >= 0.3 is 0 Å². The molecule has 88 valence electrons. The third kappa shape index (κ3) is 3.46. The Morgan fingerprint density at radius 1 is 1.29 bits per heavy atom. The largest absolute Gasteiger partial charge is 0.299 e. The monoisotopic (exact) mass is 249 g/mol. The highest BCUT2D eigenvalue weighted by molar-refractivity contribution is 7.09. The molecule has 0 aliphatic heterocycles. The molecule has 2 aromatic rings. The van der Waals surface area contributed by atoms with Gasteiger partial charge in [-0.15, -0.1) is 11.3 Å². The molecule has 17 heavy (non-hydrogen) atoms. The first-order valence-electron chi connectivity index (χ1n) is 5.30. The average Bonchev–Trinajstić information content (AvgIpc) is 2.67. The fourth-order valence-corrected chi connectivity index (χ4v) is 2.35. The van der Waals surface area contributed by atoms with Gasteiger partial charge in [0.15, 0.2) is 0 Å². The summed E-state index contributed by atoms with van der Waals surface area (Å²) in [6.07, 6.45) is 0.689. The molecular formula is C13H12FNOS. The molecule has 1 aromatic carbocycles. The second-order valence-corrected chi connectivity index (χ2v) is 4.84. The summed E-state index contributed by atoms with van der Waals surface area (Å²) < 4.78 is 12.7. The predicted molar refractivity (Wildman–Crippen MR) is 65.7 cm³/mol. The fraction of sp³-hybridized carbons (Fsp3) is 0.231. The SMILES string of the molecule is Cc1csc(CC(=O)Cc2ccc(F)cc2)n1. The Bertz CT molecular complexity index is 518. The fourth-order valence-electron chi connectivity index (χ4n) is 1.54. The Morgan fingerprint density at radius 2 is 2.00 bits per heavy atom. The van der Waals surface area contributed by atoms with Crippen LogP contribution in [0.5, 0.6) is 0 Å². The molecule has 0 saturated carbocycles. The molecule has 0 fully saturated rings. The predicted octanol–water partition coefficient (Wildman–Crippen LogP) is 2.94. The van der Waals surface area contributed by atoms with Crippen molar-refractivity contribution in [3.63, 3.8) is 0 Å². The molecule has 0 atom stereocenters. The Balaban J connectivity index is 1.95. The van der Waals surface area contributed by atoms with E-state index in [0.29, 0.717) is 12.8 Å². The van der Waals surface area contributed by atoms with Gasteiger partial charge in [-0.2, -0.15) is 0 Å². The van der Waals surface area contributed by atoms with Crippen molar-refractivity contribution in [3.8, 4) is 0 Å². The van der Waals surface area contributed by atoms with Crippen molar-refractivity contribution in [3.05, 3.63) is 51.7 Å². The highest BCUT2D eigenvalue weighted by Crippen LogP contribution is 2.11. The minimum absolute atomic E-state index is 0.103. The van der Waals surface area contributed by atoms with Gasteiger partial charge in [0, 0.05) is 17.5 Å². The molecule has 1 aromatic heterocycles. The van der Waals surface area contributed by atoms with Gasteiger partial charge in [-0.05, 0) is 24.6 Å². The van der Waals surface area contributed by atoms with E-state index >= 15 is 0 Å². The second-order valence-electron chi connectivity index (χ2n) is 3.90. The van der Waals surface area contributed by atoms with Gasteiger partial charge in [-0.3, -0.25) is 4.79 Å². The minimum Gasteiger partial charge on any atom is -0.299 e. The molecule has 0 spiro atoms. The van der Waals surface area contributed by atoms with Gasteiger partial charge in [-0.1, -0.05) is 12.1 Å². The van der Waals surface area contributed by atoms with Crippen molar-refractivity contribution in [2.75, 3.05) is 0 Å². The molecule has 4 heteroatoms. The number of hydrogen-bond acceptors (Lipinski definition) is 3. The van der Waals surface area contributed by atoms with E-state index in [-0.39, 0.29) is 11.6 Å².